The van der Waals surface area contributed by atoms with Crippen molar-refractivity contribution in [2.24, 2.45) is 0 Å². The number of hydrogen-bond donors (Lipinski definition) is 0. The number of anilines is 3. The first-order chi connectivity index (χ1) is 23.3. The Hall–Kier alpha value is -5.90. The third kappa shape index (κ3) is 3.39. The van der Waals surface area contributed by atoms with Crippen LogP contribution in [0.1, 0.15) is 0 Å². The molecule has 0 aliphatic rings. The van der Waals surface area contributed by atoms with Crippen molar-refractivity contribution in [1.82, 2.24) is 4.40 Å². The van der Waals surface area contributed by atoms with Gasteiger partial charge >= 0.3 is 0 Å². The van der Waals surface area contributed by atoms with Gasteiger partial charge in [0.1, 0.15) is 0 Å². The average molecular weight is 615 g/mol. The van der Waals surface area contributed by atoms with Gasteiger partial charge < -0.3 is 9.30 Å². The molecule has 11 aromatic rings. The van der Waals surface area contributed by atoms with Crippen LogP contribution in [-0.4, -0.2) is 4.40 Å². The first-order valence-electron chi connectivity index (χ1n) is 16.1. The minimum Gasteiger partial charge on any atom is -0.310 e. The van der Waals surface area contributed by atoms with Crippen molar-refractivity contribution in [1.29, 1.82) is 0 Å². The highest BCUT2D eigenvalue weighted by Gasteiger charge is 2.23. The summed E-state index contributed by atoms with van der Waals surface area (Å²) >= 11 is 1.87. The number of fused-ring (bicyclic) bond motifs is 9. The van der Waals surface area contributed by atoms with Gasteiger partial charge in [-0.05, 0) is 70.1 Å². The maximum Gasteiger partial charge on any atom is 0.0627 e. The zero-order valence-electron chi connectivity index (χ0n) is 25.3. The van der Waals surface area contributed by atoms with E-state index in [4.69, 9.17) is 0 Å². The molecule has 218 valence electrons. The van der Waals surface area contributed by atoms with Crippen LogP contribution in [-0.2, 0) is 0 Å². The molecule has 0 bridgehead atoms. The molecule has 0 saturated heterocycles. The maximum atomic E-state index is 2.53. The van der Waals surface area contributed by atoms with Crippen molar-refractivity contribution in [2.75, 3.05) is 4.90 Å². The number of nitrogens with zero attached hydrogens (tertiary/aromatic N) is 2. The van der Waals surface area contributed by atoms with Crippen LogP contribution in [0.25, 0.3) is 79.8 Å². The lowest BCUT2D eigenvalue weighted by molar-refractivity contribution is 1.30. The standard InChI is InChI=1S/C44H26N2S/c1-2-11-29(12-3-1)45(30-23-25-33-32-14-5-7-19-39(32)47-40(33)26-30)37-17-9-18-38-43(37)35-24-22-28-21-20-27-10-8-15-34-31-13-4-6-16-36(31)46(38)44(35)42(28)41(27)34/h1-26H. The van der Waals surface area contributed by atoms with Gasteiger partial charge in [0.25, 0.3) is 0 Å². The van der Waals surface area contributed by atoms with Crippen molar-refractivity contribution in [2.45, 2.75) is 0 Å². The summed E-state index contributed by atoms with van der Waals surface area (Å²) < 4.78 is 5.15. The van der Waals surface area contributed by atoms with Gasteiger partial charge in [-0.3, -0.25) is 0 Å². The van der Waals surface area contributed by atoms with E-state index in [1.807, 2.05) is 11.3 Å². The van der Waals surface area contributed by atoms with E-state index in [0.29, 0.717) is 0 Å². The number of rotatable bonds is 3. The monoisotopic (exact) mass is 614 g/mol. The molecule has 0 radical (unpaired) electrons. The van der Waals surface area contributed by atoms with Gasteiger partial charge in [-0.1, -0.05) is 109 Å². The van der Waals surface area contributed by atoms with Crippen LogP contribution in [0.2, 0.25) is 0 Å². The SMILES string of the molecule is c1ccc(N(c2ccc3c(c2)sc2ccccc23)c2cccc3c2c2ccc4ccc5cccc6c7ccccc7n3c2c4c56)cc1. The molecule has 0 N–H and O–H groups in total. The Morgan fingerprint density at radius 1 is 0.404 bits per heavy atom. The van der Waals surface area contributed by atoms with Gasteiger partial charge in [-0.25, -0.2) is 0 Å². The Balaban J connectivity index is 1.32. The first kappa shape index (κ1) is 25.3. The summed E-state index contributed by atoms with van der Waals surface area (Å²) in [6, 6.07) is 58.2. The Morgan fingerprint density at radius 2 is 1.09 bits per heavy atom. The molecule has 3 heterocycles. The lowest BCUT2D eigenvalue weighted by Crippen LogP contribution is -2.10. The van der Waals surface area contributed by atoms with E-state index in [0.717, 1.165) is 11.4 Å². The van der Waals surface area contributed by atoms with Crippen LogP contribution in [0.5, 0.6) is 0 Å². The lowest BCUT2D eigenvalue weighted by Gasteiger charge is -2.26. The summed E-state index contributed by atoms with van der Waals surface area (Å²) in [5.74, 6) is 0. The molecule has 0 saturated carbocycles. The van der Waals surface area contributed by atoms with E-state index < -0.39 is 0 Å². The van der Waals surface area contributed by atoms with Gasteiger partial charge in [0.2, 0.25) is 0 Å². The first-order valence-corrected chi connectivity index (χ1v) is 16.9. The second kappa shape index (κ2) is 9.32. The van der Waals surface area contributed by atoms with E-state index in [2.05, 4.69) is 167 Å². The largest absolute Gasteiger partial charge is 0.310 e. The van der Waals surface area contributed by atoms with E-state index in [1.165, 1.54) is 85.5 Å². The van der Waals surface area contributed by atoms with Crippen LogP contribution < -0.4 is 4.90 Å². The zero-order valence-corrected chi connectivity index (χ0v) is 26.1. The highest BCUT2D eigenvalue weighted by atomic mass is 32.1. The molecule has 3 aromatic heterocycles. The summed E-state index contributed by atoms with van der Waals surface area (Å²) in [4.78, 5) is 2.45. The minimum absolute atomic E-state index is 1.14. The molecule has 2 nitrogen and oxygen atoms in total. The van der Waals surface area contributed by atoms with Gasteiger partial charge in [-0.2, -0.15) is 0 Å². The molecule has 0 aliphatic heterocycles. The summed E-state index contributed by atoms with van der Waals surface area (Å²) in [6.07, 6.45) is 0. The predicted molar refractivity (Wildman–Crippen MR) is 204 cm³/mol. The highest BCUT2D eigenvalue weighted by Crippen LogP contribution is 2.48. The number of aromatic nitrogens is 1. The predicted octanol–water partition coefficient (Wildman–Crippen LogP) is 13.0. The fourth-order valence-corrected chi connectivity index (χ4v) is 9.28. The number of thiophene rings is 1. The van der Waals surface area contributed by atoms with Crippen LogP contribution in [0.15, 0.2) is 158 Å². The molecule has 0 amide bonds. The van der Waals surface area contributed by atoms with Crippen LogP contribution in [0, 0.1) is 0 Å². The molecule has 11 rings (SSSR count). The van der Waals surface area contributed by atoms with Crippen molar-refractivity contribution < 1.29 is 0 Å². The Kier molecular flexibility index (Phi) is 5.02. The average Bonchev–Trinajstić information content (AvgIpc) is 3.63. The van der Waals surface area contributed by atoms with Crippen molar-refractivity contribution in [3.8, 4) is 0 Å². The second-order valence-electron chi connectivity index (χ2n) is 12.5. The van der Waals surface area contributed by atoms with Crippen molar-refractivity contribution in [3.63, 3.8) is 0 Å². The third-order valence-corrected chi connectivity index (χ3v) is 11.2. The second-order valence-corrected chi connectivity index (χ2v) is 13.6. The third-order valence-electron chi connectivity index (χ3n) is 10.1. The Labute approximate surface area is 274 Å². The maximum absolute atomic E-state index is 2.53. The van der Waals surface area contributed by atoms with Crippen molar-refractivity contribution >= 4 is 108 Å². The quantitative estimate of drug-likeness (QED) is 0.180. The fraction of sp³-hybridized carbons (Fsp3) is 0. The normalized spacial score (nSPS) is 12.3. The molecule has 3 heteroatoms. The van der Waals surface area contributed by atoms with Gasteiger partial charge in [0.05, 0.1) is 22.2 Å². The lowest BCUT2D eigenvalue weighted by atomic mass is 9.96. The van der Waals surface area contributed by atoms with Crippen LogP contribution in [0.4, 0.5) is 17.1 Å². The number of para-hydroxylation sites is 2. The minimum atomic E-state index is 1.14. The molecule has 0 unspecified atom stereocenters. The smallest absolute Gasteiger partial charge is 0.0627 e. The van der Waals surface area contributed by atoms with E-state index in [-0.39, 0.29) is 0 Å². The molecular formula is C44H26N2S. The van der Waals surface area contributed by atoms with Crippen LogP contribution in [0.3, 0.4) is 0 Å². The van der Waals surface area contributed by atoms with E-state index >= 15 is 0 Å². The van der Waals surface area contributed by atoms with E-state index in [1.54, 1.807) is 0 Å². The fourth-order valence-electron chi connectivity index (χ4n) is 8.14. The van der Waals surface area contributed by atoms with Gasteiger partial charge in [-0.15, -0.1) is 11.3 Å². The van der Waals surface area contributed by atoms with Gasteiger partial charge in [0, 0.05) is 53.1 Å². The zero-order chi connectivity index (χ0) is 30.6. The van der Waals surface area contributed by atoms with Crippen LogP contribution >= 0.6 is 11.3 Å². The topological polar surface area (TPSA) is 7.65 Å². The van der Waals surface area contributed by atoms with E-state index in [9.17, 15) is 0 Å². The van der Waals surface area contributed by atoms with Crippen molar-refractivity contribution in [3.05, 3.63) is 158 Å². The summed E-state index contributed by atoms with van der Waals surface area (Å²) in [5, 5.41) is 12.9. The Bertz CT molecular complexity index is 3020. The number of hydrogen-bond acceptors (Lipinski definition) is 2. The number of benzene rings is 8. The highest BCUT2D eigenvalue weighted by molar-refractivity contribution is 7.25. The summed E-state index contributed by atoms with van der Waals surface area (Å²) in [7, 11) is 0. The molecule has 8 aromatic carbocycles. The molecule has 47 heavy (non-hydrogen) atoms. The summed E-state index contributed by atoms with van der Waals surface area (Å²) in [5.41, 5.74) is 7.19. The molecule has 0 spiro atoms. The molecule has 0 atom stereocenters. The molecule has 0 fully saturated rings. The summed E-state index contributed by atoms with van der Waals surface area (Å²) in [6.45, 7) is 0. The van der Waals surface area contributed by atoms with Gasteiger partial charge in [0.15, 0.2) is 0 Å². The molecule has 0 aliphatic carbocycles. The molecular weight excluding hydrogens is 589 g/mol. The Morgan fingerprint density at radius 3 is 2.00 bits per heavy atom.